The number of nitrogens with zero attached hydrogens (tertiary/aromatic N) is 1. The molecule has 5 nitrogen and oxygen atoms in total. The standard InChI is InChI=1S/C9H17N3O2/c1-7-6-12(4-3-10-7)9(14)5-11-8(2)13/h7,10H,3-6H2,1-2H3,(H,11,13)/t7-/m0/s1. The molecule has 0 aromatic carbocycles. The van der Waals surface area contributed by atoms with Crippen LogP contribution in [-0.2, 0) is 9.59 Å². The summed E-state index contributed by atoms with van der Waals surface area (Å²) < 4.78 is 0. The molecule has 0 aliphatic carbocycles. The van der Waals surface area contributed by atoms with E-state index >= 15 is 0 Å². The van der Waals surface area contributed by atoms with Gasteiger partial charge in [0.2, 0.25) is 11.8 Å². The Morgan fingerprint density at radius 2 is 2.29 bits per heavy atom. The summed E-state index contributed by atoms with van der Waals surface area (Å²) in [7, 11) is 0. The van der Waals surface area contributed by atoms with E-state index in [4.69, 9.17) is 0 Å². The van der Waals surface area contributed by atoms with Crippen LogP contribution in [0.1, 0.15) is 13.8 Å². The molecular weight excluding hydrogens is 182 g/mol. The van der Waals surface area contributed by atoms with E-state index in [1.165, 1.54) is 6.92 Å². The van der Waals surface area contributed by atoms with Gasteiger partial charge in [-0.05, 0) is 6.92 Å². The Kier molecular flexibility index (Phi) is 3.88. The molecule has 14 heavy (non-hydrogen) atoms. The monoisotopic (exact) mass is 199 g/mol. The number of piperazine rings is 1. The first-order valence-corrected chi connectivity index (χ1v) is 4.85. The molecule has 1 heterocycles. The van der Waals surface area contributed by atoms with Gasteiger partial charge >= 0.3 is 0 Å². The van der Waals surface area contributed by atoms with Crippen molar-refractivity contribution in [1.82, 2.24) is 15.5 Å². The van der Waals surface area contributed by atoms with Gasteiger partial charge in [0.05, 0.1) is 6.54 Å². The maximum absolute atomic E-state index is 11.5. The van der Waals surface area contributed by atoms with Gasteiger partial charge in [-0.3, -0.25) is 9.59 Å². The fourth-order valence-electron chi connectivity index (χ4n) is 1.47. The lowest BCUT2D eigenvalue weighted by molar-refractivity contribution is -0.133. The summed E-state index contributed by atoms with van der Waals surface area (Å²) >= 11 is 0. The number of hydrogen-bond donors (Lipinski definition) is 2. The lowest BCUT2D eigenvalue weighted by Crippen LogP contribution is -2.53. The van der Waals surface area contributed by atoms with E-state index in [1.807, 2.05) is 6.92 Å². The molecule has 1 atom stereocenters. The summed E-state index contributed by atoms with van der Waals surface area (Å²) in [5, 5.41) is 5.76. The predicted molar refractivity (Wildman–Crippen MR) is 52.7 cm³/mol. The van der Waals surface area contributed by atoms with Crippen molar-refractivity contribution in [3.63, 3.8) is 0 Å². The van der Waals surface area contributed by atoms with E-state index in [1.54, 1.807) is 4.90 Å². The van der Waals surface area contributed by atoms with Crippen LogP contribution in [0.15, 0.2) is 0 Å². The second kappa shape index (κ2) is 4.95. The summed E-state index contributed by atoms with van der Waals surface area (Å²) in [6.07, 6.45) is 0. The molecule has 1 aliphatic rings. The molecule has 0 aromatic heterocycles. The van der Waals surface area contributed by atoms with E-state index < -0.39 is 0 Å². The third-order valence-electron chi connectivity index (χ3n) is 2.21. The molecule has 2 amide bonds. The zero-order valence-electron chi connectivity index (χ0n) is 8.67. The zero-order chi connectivity index (χ0) is 10.6. The summed E-state index contributed by atoms with van der Waals surface area (Å²) in [5.74, 6) is -0.171. The highest BCUT2D eigenvalue weighted by Crippen LogP contribution is 1.98. The Morgan fingerprint density at radius 1 is 1.57 bits per heavy atom. The van der Waals surface area contributed by atoms with Crippen molar-refractivity contribution in [3.05, 3.63) is 0 Å². The van der Waals surface area contributed by atoms with Gasteiger partial charge in [-0.15, -0.1) is 0 Å². The third kappa shape index (κ3) is 3.33. The molecule has 0 unspecified atom stereocenters. The van der Waals surface area contributed by atoms with Gasteiger partial charge in [0, 0.05) is 32.6 Å². The largest absolute Gasteiger partial charge is 0.347 e. The van der Waals surface area contributed by atoms with Gasteiger partial charge in [0.15, 0.2) is 0 Å². The van der Waals surface area contributed by atoms with Crippen molar-refractivity contribution < 1.29 is 9.59 Å². The highest BCUT2D eigenvalue weighted by molar-refractivity contribution is 5.83. The molecule has 80 valence electrons. The molecule has 0 spiro atoms. The quantitative estimate of drug-likeness (QED) is 0.596. The summed E-state index contributed by atoms with van der Waals surface area (Å²) in [5.41, 5.74) is 0. The minimum absolute atomic E-state index is 0.00597. The Morgan fingerprint density at radius 3 is 2.86 bits per heavy atom. The second-order valence-electron chi connectivity index (χ2n) is 3.60. The molecule has 1 rings (SSSR count). The number of carbonyl (C=O) groups excluding carboxylic acids is 2. The van der Waals surface area contributed by atoms with Gasteiger partial charge in [-0.1, -0.05) is 0 Å². The molecule has 0 bridgehead atoms. The number of nitrogens with one attached hydrogen (secondary N) is 2. The Labute approximate surface area is 83.8 Å². The summed E-state index contributed by atoms with van der Waals surface area (Å²) in [4.78, 5) is 23.9. The molecule has 0 saturated carbocycles. The molecule has 1 aliphatic heterocycles. The van der Waals surface area contributed by atoms with E-state index in [-0.39, 0.29) is 18.4 Å². The van der Waals surface area contributed by atoms with Crippen molar-refractivity contribution in [2.24, 2.45) is 0 Å². The minimum atomic E-state index is -0.165. The number of hydrogen-bond acceptors (Lipinski definition) is 3. The number of rotatable bonds is 2. The van der Waals surface area contributed by atoms with Gasteiger partial charge in [0.25, 0.3) is 0 Å². The van der Waals surface area contributed by atoms with Crippen molar-refractivity contribution in [2.75, 3.05) is 26.2 Å². The minimum Gasteiger partial charge on any atom is -0.347 e. The van der Waals surface area contributed by atoms with Crippen LogP contribution < -0.4 is 10.6 Å². The van der Waals surface area contributed by atoms with Crippen LogP contribution in [0.4, 0.5) is 0 Å². The summed E-state index contributed by atoms with van der Waals surface area (Å²) in [6.45, 7) is 5.84. The normalized spacial score (nSPS) is 21.9. The Hall–Kier alpha value is -1.10. The first-order chi connectivity index (χ1) is 6.59. The maximum Gasteiger partial charge on any atom is 0.242 e. The Balaban J connectivity index is 2.32. The van der Waals surface area contributed by atoms with Gasteiger partial charge in [-0.2, -0.15) is 0 Å². The van der Waals surface area contributed by atoms with Crippen LogP contribution in [0.5, 0.6) is 0 Å². The first kappa shape index (κ1) is 11.0. The molecule has 0 aromatic rings. The highest BCUT2D eigenvalue weighted by Gasteiger charge is 2.19. The zero-order valence-corrected chi connectivity index (χ0v) is 8.67. The van der Waals surface area contributed by atoms with Crippen LogP contribution in [0.2, 0.25) is 0 Å². The fraction of sp³-hybridized carbons (Fsp3) is 0.778. The highest BCUT2D eigenvalue weighted by atomic mass is 16.2. The van der Waals surface area contributed by atoms with E-state index in [2.05, 4.69) is 10.6 Å². The SMILES string of the molecule is CC(=O)NCC(=O)N1CCN[C@@H](C)C1. The smallest absolute Gasteiger partial charge is 0.242 e. The molecule has 0 radical (unpaired) electrons. The average Bonchev–Trinajstić information content (AvgIpc) is 2.14. The number of amides is 2. The fourth-order valence-corrected chi connectivity index (χ4v) is 1.47. The van der Waals surface area contributed by atoms with Crippen molar-refractivity contribution in [2.45, 2.75) is 19.9 Å². The first-order valence-electron chi connectivity index (χ1n) is 4.85. The van der Waals surface area contributed by atoms with E-state index in [0.29, 0.717) is 6.04 Å². The van der Waals surface area contributed by atoms with Crippen LogP contribution in [-0.4, -0.2) is 48.9 Å². The van der Waals surface area contributed by atoms with Crippen molar-refractivity contribution >= 4 is 11.8 Å². The molecular formula is C9H17N3O2. The van der Waals surface area contributed by atoms with Crippen LogP contribution in [0.25, 0.3) is 0 Å². The van der Waals surface area contributed by atoms with Gasteiger partial charge in [-0.25, -0.2) is 0 Å². The second-order valence-corrected chi connectivity index (χ2v) is 3.60. The Bertz CT molecular complexity index is 230. The van der Waals surface area contributed by atoms with E-state index in [9.17, 15) is 9.59 Å². The third-order valence-corrected chi connectivity index (χ3v) is 2.21. The predicted octanol–water partition coefficient (Wildman–Crippen LogP) is -1.06. The number of carbonyl (C=O) groups is 2. The molecule has 1 saturated heterocycles. The lowest BCUT2D eigenvalue weighted by atomic mass is 10.2. The molecule has 1 fully saturated rings. The maximum atomic E-state index is 11.5. The lowest BCUT2D eigenvalue weighted by Gasteiger charge is -2.31. The van der Waals surface area contributed by atoms with Gasteiger partial charge < -0.3 is 15.5 Å². The van der Waals surface area contributed by atoms with Crippen LogP contribution in [0, 0.1) is 0 Å². The average molecular weight is 199 g/mol. The molecule has 5 heteroatoms. The van der Waals surface area contributed by atoms with Crippen molar-refractivity contribution in [1.29, 1.82) is 0 Å². The van der Waals surface area contributed by atoms with Crippen LogP contribution in [0.3, 0.4) is 0 Å². The topological polar surface area (TPSA) is 61.4 Å². The van der Waals surface area contributed by atoms with Crippen LogP contribution >= 0.6 is 0 Å². The summed E-state index contributed by atoms with van der Waals surface area (Å²) in [6, 6.07) is 0.338. The molecule has 2 N–H and O–H groups in total. The van der Waals surface area contributed by atoms with Crippen molar-refractivity contribution in [3.8, 4) is 0 Å². The van der Waals surface area contributed by atoms with E-state index in [0.717, 1.165) is 19.6 Å². The van der Waals surface area contributed by atoms with Gasteiger partial charge in [0.1, 0.15) is 0 Å².